The van der Waals surface area contributed by atoms with E-state index in [2.05, 4.69) is 4.74 Å². The first kappa shape index (κ1) is 14.8. The van der Waals surface area contributed by atoms with Gasteiger partial charge >= 0.3 is 12.1 Å². The number of nitrogens with two attached hydrogens (primary N) is 1. The molecule has 3 nitrogen and oxygen atoms in total. The minimum Gasteiger partial charge on any atom is -0.468 e. The molecule has 0 amide bonds. The number of carbonyl (C=O) groups is 1. The second-order valence-corrected chi connectivity index (χ2v) is 4.12. The Morgan fingerprint density at radius 2 is 2.06 bits per heavy atom. The maximum absolute atomic E-state index is 12.5. The number of halogens is 4. The highest BCUT2D eigenvalue weighted by atomic mass is 35.5. The summed E-state index contributed by atoms with van der Waals surface area (Å²) in [5.41, 5.74) is 4.83. The molecule has 0 fully saturated rings. The Morgan fingerprint density at radius 3 is 2.56 bits per heavy atom. The van der Waals surface area contributed by atoms with Crippen LogP contribution in [0.4, 0.5) is 13.2 Å². The lowest BCUT2D eigenvalue weighted by Gasteiger charge is -2.12. The van der Waals surface area contributed by atoms with Gasteiger partial charge in [-0.3, -0.25) is 4.79 Å². The Bertz CT molecular complexity index is 448. The van der Waals surface area contributed by atoms with Crippen LogP contribution in [0.1, 0.15) is 11.1 Å². The standard InChI is InChI=1S/C11H11ClF3NO2/c1-18-10(17)9(16)4-6-2-7(11(13,14)15)5-8(12)3-6/h2-3,5,9H,4,16H2,1H3. The van der Waals surface area contributed by atoms with Crippen LogP contribution in [0.5, 0.6) is 0 Å². The van der Waals surface area contributed by atoms with Gasteiger partial charge in [0.05, 0.1) is 12.7 Å². The Labute approximate surface area is 107 Å². The fourth-order valence-corrected chi connectivity index (χ4v) is 1.68. The van der Waals surface area contributed by atoms with Crippen molar-refractivity contribution in [2.45, 2.75) is 18.6 Å². The van der Waals surface area contributed by atoms with E-state index in [4.69, 9.17) is 17.3 Å². The molecule has 2 N–H and O–H groups in total. The molecule has 0 radical (unpaired) electrons. The molecule has 0 bridgehead atoms. The molecule has 100 valence electrons. The summed E-state index contributed by atoms with van der Waals surface area (Å²) < 4.78 is 42.0. The van der Waals surface area contributed by atoms with Gasteiger partial charge in [-0.05, 0) is 30.2 Å². The minimum absolute atomic E-state index is 0.0584. The molecule has 1 unspecified atom stereocenters. The monoisotopic (exact) mass is 281 g/mol. The van der Waals surface area contributed by atoms with Crippen molar-refractivity contribution in [2.24, 2.45) is 5.73 Å². The van der Waals surface area contributed by atoms with E-state index in [1.807, 2.05) is 0 Å². The zero-order valence-corrected chi connectivity index (χ0v) is 10.2. The van der Waals surface area contributed by atoms with Gasteiger partial charge in [-0.25, -0.2) is 0 Å². The van der Waals surface area contributed by atoms with Gasteiger partial charge in [0, 0.05) is 5.02 Å². The molecule has 1 aromatic rings. The predicted octanol–water partition coefficient (Wildman–Crippen LogP) is 2.40. The average Bonchev–Trinajstić information content (AvgIpc) is 2.25. The number of esters is 1. The van der Waals surface area contributed by atoms with Gasteiger partial charge in [-0.15, -0.1) is 0 Å². The highest BCUT2D eigenvalue weighted by Gasteiger charge is 2.31. The summed E-state index contributed by atoms with van der Waals surface area (Å²) in [5.74, 6) is -0.691. The first-order valence-corrected chi connectivity index (χ1v) is 5.32. The van der Waals surface area contributed by atoms with Crippen LogP contribution in [-0.2, 0) is 22.1 Å². The number of hydrogen-bond acceptors (Lipinski definition) is 3. The topological polar surface area (TPSA) is 52.3 Å². The van der Waals surface area contributed by atoms with E-state index in [9.17, 15) is 18.0 Å². The number of rotatable bonds is 3. The van der Waals surface area contributed by atoms with Crippen LogP contribution < -0.4 is 5.73 Å². The highest BCUT2D eigenvalue weighted by Crippen LogP contribution is 2.32. The molecule has 18 heavy (non-hydrogen) atoms. The van der Waals surface area contributed by atoms with Crippen LogP contribution >= 0.6 is 11.6 Å². The van der Waals surface area contributed by atoms with Gasteiger partial charge in [0.15, 0.2) is 0 Å². The van der Waals surface area contributed by atoms with Crippen molar-refractivity contribution in [2.75, 3.05) is 7.11 Å². The Kier molecular flexibility index (Phi) is 4.59. The first-order chi connectivity index (χ1) is 8.24. The smallest absolute Gasteiger partial charge is 0.416 e. The second-order valence-electron chi connectivity index (χ2n) is 3.68. The molecule has 0 aliphatic heterocycles. The largest absolute Gasteiger partial charge is 0.468 e. The van der Waals surface area contributed by atoms with Crippen molar-refractivity contribution >= 4 is 17.6 Å². The van der Waals surface area contributed by atoms with Gasteiger partial charge in [0.2, 0.25) is 0 Å². The summed E-state index contributed by atoms with van der Waals surface area (Å²) in [4.78, 5) is 11.1. The highest BCUT2D eigenvalue weighted by molar-refractivity contribution is 6.30. The van der Waals surface area contributed by atoms with Gasteiger partial charge in [-0.1, -0.05) is 11.6 Å². The average molecular weight is 282 g/mol. The van der Waals surface area contributed by atoms with Crippen molar-refractivity contribution in [1.29, 1.82) is 0 Å². The molecule has 0 saturated heterocycles. The van der Waals surface area contributed by atoms with Crippen molar-refractivity contribution in [3.05, 3.63) is 34.3 Å². The van der Waals surface area contributed by atoms with E-state index in [1.165, 1.54) is 6.07 Å². The number of alkyl halides is 3. The maximum Gasteiger partial charge on any atom is 0.416 e. The molecule has 0 saturated carbocycles. The summed E-state index contributed by atoms with van der Waals surface area (Å²) >= 11 is 5.60. The molecule has 0 aliphatic carbocycles. The zero-order chi connectivity index (χ0) is 13.9. The molecule has 0 heterocycles. The molecular weight excluding hydrogens is 271 g/mol. The SMILES string of the molecule is COC(=O)C(N)Cc1cc(Cl)cc(C(F)(F)F)c1. The quantitative estimate of drug-likeness (QED) is 0.866. The lowest BCUT2D eigenvalue weighted by Crippen LogP contribution is -2.33. The van der Waals surface area contributed by atoms with E-state index in [0.29, 0.717) is 0 Å². The van der Waals surface area contributed by atoms with E-state index < -0.39 is 23.8 Å². The van der Waals surface area contributed by atoms with Gasteiger partial charge in [0.25, 0.3) is 0 Å². The third-order valence-electron chi connectivity index (χ3n) is 2.24. The lowest BCUT2D eigenvalue weighted by atomic mass is 10.0. The van der Waals surface area contributed by atoms with Crippen LogP contribution in [0.2, 0.25) is 5.02 Å². The van der Waals surface area contributed by atoms with E-state index in [-0.39, 0.29) is 17.0 Å². The predicted molar refractivity (Wildman–Crippen MR) is 60.1 cm³/mol. The van der Waals surface area contributed by atoms with Gasteiger partial charge in [0.1, 0.15) is 6.04 Å². The fraction of sp³-hybridized carbons (Fsp3) is 0.364. The number of benzene rings is 1. The number of carbonyl (C=O) groups excluding carboxylic acids is 1. The van der Waals surface area contributed by atoms with E-state index in [0.717, 1.165) is 19.2 Å². The number of methoxy groups -OCH3 is 1. The molecule has 1 rings (SSSR count). The molecule has 0 aliphatic rings. The summed E-state index contributed by atoms with van der Waals surface area (Å²) in [7, 11) is 1.15. The normalized spacial score (nSPS) is 13.2. The van der Waals surface area contributed by atoms with Crippen LogP contribution in [0.25, 0.3) is 0 Å². The Morgan fingerprint density at radius 1 is 1.44 bits per heavy atom. The zero-order valence-electron chi connectivity index (χ0n) is 9.42. The fourth-order valence-electron chi connectivity index (χ4n) is 1.42. The van der Waals surface area contributed by atoms with Gasteiger partial charge < -0.3 is 10.5 Å². The molecule has 1 aromatic carbocycles. The Balaban J connectivity index is 2.97. The molecule has 7 heteroatoms. The van der Waals surface area contributed by atoms with Gasteiger partial charge in [-0.2, -0.15) is 13.2 Å². The first-order valence-electron chi connectivity index (χ1n) is 4.94. The second kappa shape index (κ2) is 5.58. The third-order valence-corrected chi connectivity index (χ3v) is 2.46. The summed E-state index contributed by atoms with van der Waals surface area (Å²) in [6, 6.07) is 2.04. The van der Waals surface area contributed by atoms with E-state index >= 15 is 0 Å². The van der Waals surface area contributed by atoms with Crippen LogP contribution in [0.3, 0.4) is 0 Å². The van der Waals surface area contributed by atoms with Crippen molar-refractivity contribution in [1.82, 2.24) is 0 Å². The van der Waals surface area contributed by atoms with E-state index in [1.54, 1.807) is 0 Å². The lowest BCUT2D eigenvalue weighted by molar-refractivity contribution is -0.142. The van der Waals surface area contributed by atoms with Crippen LogP contribution in [-0.4, -0.2) is 19.1 Å². The van der Waals surface area contributed by atoms with Crippen LogP contribution in [0.15, 0.2) is 18.2 Å². The number of hydrogen-bond donors (Lipinski definition) is 1. The molecular formula is C11H11ClF3NO2. The molecule has 0 aromatic heterocycles. The number of ether oxygens (including phenoxy) is 1. The molecule has 0 spiro atoms. The maximum atomic E-state index is 12.5. The summed E-state index contributed by atoms with van der Waals surface area (Å²) in [6.45, 7) is 0. The summed E-state index contributed by atoms with van der Waals surface area (Å²) in [5, 5.41) is -0.0584. The van der Waals surface area contributed by atoms with Crippen LogP contribution in [0, 0.1) is 0 Å². The van der Waals surface area contributed by atoms with Crippen molar-refractivity contribution in [3.8, 4) is 0 Å². The third kappa shape index (κ3) is 3.89. The summed E-state index contributed by atoms with van der Waals surface area (Å²) in [6.07, 6.45) is -4.56. The molecule has 1 atom stereocenters. The van der Waals surface area contributed by atoms with Crippen molar-refractivity contribution in [3.63, 3.8) is 0 Å². The minimum atomic E-state index is -4.49. The van der Waals surface area contributed by atoms with Crippen molar-refractivity contribution < 1.29 is 22.7 Å². The Hall–Kier alpha value is -1.27.